The molecule has 2 aromatic rings. The summed E-state index contributed by atoms with van der Waals surface area (Å²) < 4.78 is 5.88. The van der Waals surface area contributed by atoms with Crippen molar-refractivity contribution in [1.82, 2.24) is 5.32 Å². The molecule has 0 radical (unpaired) electrons. The molecule has 0 aliphatic rings. The van der Waals surface area contributed by atoms with Gasteiger partial charge < -0.3 is 20.1 Å². The predicted octanol–water partition coefficient (Wildman–Crippen LogP) is 5.30. The van der Waals surface area contributed by atoms with Crippen LogP contribution in [0.5, 0.6) is 11.5 Å². The van der Waals surface area contributed by atoms with Crippen LogP contribution in [0.15, 0.2) is 48.5 Å². The van der Waals surface area contributed by atoms with E-state index in [1.807, 2.05) is 38.1 Å². The third kappa shape index (κ3) is 8.18. The lowest BCUT2D eigenvalue weighted by Crippen LogP contribution is -2.41. The van der Waals surface area contributed by atoms with Gasteiger partial charge in [0, 0.05) is 35.0 Å². The van der Waals surface area contributed by atoms with Gasteiger partial charge in [0.25, 0.3) is 5.91 Å². The van der Waals surface area contributed by atoms with E-state index < -0.39 is 17.9 Å². The van der Waals surface area contributed by atoms with Crippen LogP contribution in [0.25, 0.3) is 0 Å². The zero-order chi connectivity index (χ0) is 22.8. The normalized spacial score (nSPS) is 11.8. The second kappa shape index (κ2) is 12.7. The number of aliphatic carboxylic acids is 1. The molecule has 0 heterocycles. The van der Waals surface area contributed by atoms with E-state index in [0.717, 1.165) is 29.4 Å². The first kappa shape index (κ1) is 25.2. The molecule has 0 saturated heterocycles. The Morgan fingerprint density at radius 3 is 1.94 bits per heavy atom. The second-order valence-corrected chi connectivity index (χ2v) is 9.07. The number of rotatable bonds is 12. The average molecular weight is 556 g/mol. The molecule has 2 aromatic carbocycles. The number of ether oxygens (including phenoxy) is 1. The van der Waals surface area contributed by atoms with E-state index in [2.05, 4.69) is 42.1 Å². The first-order chi connectivity index (χ1) is 14.8. The molecule has 6 nitrogen and oxygen atoms in total. The van der Waals surface area contributed by atoms with Gasteiger partial charge in [0.2, 0.25) is 0 Å². The summed E-state index contributed by atoms with van der Waals surface area (Å²) in [5.74, 6) is 0.00833. The maximum Gasteiger partial charge on any atom is 0.326 e. The van der Waals surface area contributed by atoms with Crippen molar-refractivity contribution in [2.45, 2.75) is 26.3 Å². The average Bonchev–Trinajstić information content (AvgIpc) is 2.74. The summed E-state index contributed by atoms with van der Waals surface area (Å²) in [6.07, 6.45) is 0.376. The van der Waals surface area contributed by atoms with E-state index in [4.69, 9.17) is 4.74 Å². The van der Waals surface area contributed by atoms with Crippen molar-refractivity contribution >= 4 is 49.4 Å². The number of nitrogens with one attached hydrogen (secondary N) is 1. The molecule has 31 heavy (non-hydrogen) atoms. The van der Waals surface area contributed by atoms with Crippen molar-refractivity contribution in [3.63, 3.8) is 0 Å². The van der Waals surface area contributed by atoms with Crippen LogP contribution in [0, 0.1) is 5.92 Å². The minimum absolute atomic E-state index is 0.162. The third-order valence-electron chi connectivity index (χ3n) is 4.57. The van der Waals surface area contributed by atoms with E-state index in [0.29, 0.717) is 23.5 Å². The fourth-order valence-corrected chi connectivity index (χ4v) is 3.90. The van der Waals surface area contributed by atoms with Gasteiger partial charge in [-0.25, -0.2) is 4.79 Å². The van der Waals surface area contributed by atoms with Crippen LogP contribution in [-0.2, 0) is 4.79 Å². The molecule has 1 atom stereocenters. The van der Waals surface area contributed by atoms with Crippen LogP contribution in [0.1, 0.15) is 30.6 Å². The first-order valence-corrected chi connectivity index (χ1v) is 12.4. The highest BCUT2D eigenvalue weighted by Gasteiger charge is 2.21. The highest BCUT2D eigenvalue weighted by Crippen LogP contribution is 2.25. The lowest BCUT2D eigenvalue weighted by molar-refractivity contribution is -0.139. The number of benzene rings is 2. The minimum Gasteiger partial charge on any atom is -0.480 e. The molecule has 1 amide bonds. The zero-order valence-electron chi connectivity index (χ0n) is 17.7. The molecule has 0 unspecified atom stereocenters. The Kier molecular flexibility index (Phi) is 10.3. The number of halogens is 2. The summed E-state index contributed by atoms with van der Waals surface area (Å²) in [6, 6.07) is 13.6. The van der Waals surface area contributed by atoms with Crippen LogP contribution >= 0.6 is 31.9 Å². The van der Waals surface area contributed by atoms with Crippen LogP contribution in [0.4, 0.5) is 5.69 Å². The molecule has 0 saturated carbocycles. The summed E-state index contributed by atoms with van der Waals surface area (Å²) in [7, 11) is 0. The van der Waals surface area contributed by atoms with E-state index in [-0.39, 0.29) is 5.92 Å². The third-order valence-corrected chi connectivity index (χ3v) is 5.28. The Labute approximate surface area is 200 Å². The van der Waals surface area contributed by atoms with Gasteiger partial charge in [-0.3, -0.25) is 4.79 Å². The molecule has 0 aliphatic heterocycles. The molecule has 0 aromatic heterocycles. The fourth-order valence-electron chi connectivity index (χ4n) is 3.04. The highest BCUT2D eigenvalue weighted by atomic mass is 79.9. The Hall–Kier alpha value is -2.06. The Morgan fingerprint density at radius 1 is 0.968 bits per heavy atom. The van der Waals surface area contributed by atoms with Gasteiger partial charge in [-0.15, -0.1) is 0 Å². The number of amides is 1. The molecule has 0 fully saturated rings. The predicted molar refractivity (Wildman–Crippen MR) is 131 cm³/mol. The Morgan fingerprint density at radius 2 is 1.48 bits per heavy atom. The lowest BCUT2D eigenvalue weighted by Gasteiger charge is -2.23. The molecule has 8 heteroatoms. The summed E-state index contributed by atoms with van der Waals surface area (Å²) in [6.45, 7) is 5.66. The summed E-state index contributed by atoms with van der Waals surface area (Å²) in [4.78, 5) is 26.0. The number of carbonyl (C=O) groups is 2. The SMILES string of the molecule is CC(C)C[C@H](NC(=O)c1ccc(Oc2ccc(N(CCBr)CCBr)cc2)cc1)C(=O)O. The van der Waals surface area contributed by atoms with Crippen molar-refractivity contribution < 1.29 is 19.4 Å². The fraction of sp³-hybridized carbons (Fsp3) is 0.391. The van der Waals surface area contributed by atoms with Gasteiger partial charge >= 0.3 is 5.97 Å². The summed E-state index contributed by atoms with van der Waals surface area (Å²) in [5, 5.41) is 13.7. The monoisotopic (exact) mass is 554 g/mol. The highest BCUT2D eigenvalue weighted by molar-refractivity contribution is 9.09. The number of anilines is 1. The quantitative estimate of drug-likeness (QED) is 0.347. The molecule has 0 aliphatic carbocycles. The molecular weight excluding hydrogens is 528 g/mol. The topological polar surface area (TPSA) is 78.9 Å². The number of hydrogen-bond acceptors (Lipinski definition) is 4. The van der Waals surface area contributed by atoms with Crippen molar-refractivity contribution in [3.8, 4) is 11.5 Å². The zero-order valence-corrected chi connectivity index (χ0v) is 20.9. The molecular formula is C23H28Br2N2O4. The summed E-state index contributed by atoms with van der Waals surface area (Å²) in [5.41, 5.74) is 1.51. The number of hydrogen-bond donors (Lipinski definition) is 2. The van der Waals surface area contributed by atoms with Gasteiger partial charge in [-0.2, -0.15) is 0 Å². The molecule has 0 bridgehead atoms. The number of nitrogens with zero attached hydrogens (tertiary/aromatic N) is 1. The standard InChI is InChI=1S/C23H28Br2N2O4/c1-16(2)15-21(23(29)30)26-22(28)17-3-7-19(8-4-17)31-20-9-5-18(6-10-20)27(13-11-24)14-12-25/h3-10,16,21H,11-15H2,1-2H3,(H,26,28)(H,29,30)/t21-/m0/s1. The Bertz CT molecular complexity index is 836. The van der Waals surface area contributed by atoms with Gasteiger partial charge in [-0.05, 0) is 60.9 Å². The van der Waals surface area contributed by atoms with Gasteiger partial charge in [0.15, 0.2) is 0 Å². The van der Waals surface area contributed by atoms with Crippen LogP contribution in [-0.4, -0.2) is 46.8 Å². The largest absolute Gasteiger partial charge is 0.480 e. The number of alkyl halides is 2. The van der Waals surface area contributed by atoms with Crippen LogP contribution in [0.3, 0.4) is 0 Å². The molecule has 2 N–H and O–H groups in total. The van der Waals surface area contributed by atoms with Crippen molar-refractivity contribution in [1.29, 1.82) is 0 Å². The van der Waals surface area contributed by atoms with Crippen LogP contribution in [0.2, 0.25) is 0 Å². The Balaban J connectivity index is 2.00. The summed E-state index contributed by atoms with van der Waals surface area (Å²) >= 11 is 6.97. The van der Waals surface area contributed by atoms with E-state index in [1.54, 1.807) is 24.3 Å². The van der Waals surface area contributed by atoms with Crippen LogP contribution < -0.4 is 15.0 Å². The molecule has 2 rings (SSSR count). The smallest absolute Gasteiger partial charge is 0.326 e. The van der Waals surface area contributed by atoms with Gasteiger partial charge in [0.1, 0.15) is 17.5 Å². The van der Waals surface area contributed by atoms with E-state index in [1.165, 1.54) is 0 Å². The molecule has 168 valence electrons. The molecule has 0 spiro atoms. The van der Waals surface area contributed by atoms with Crippen molar-refractivity contribution in [2.24, 2.45) is 5.92 Å². The van der Waals surface area contributed by atoms with Gasteiger partial charge in [-0.1, -0.05) is 45.7 Å². The van der Waals surface area contributed by atoms with E-state index in [9.17, 15) is 14.7 Å². The number of carboxylic acid groups (broad SMARTS) is 1. The second-order valence-electron chi connectivity index (χ2n) is 7.48. The van der Waals surface area contributed by atoms with E-state index >= 15 is 0 Å². The number of carboxylic acids is 1. The maximum absolute atomic E-state index is 12.4. The maximum atomic E-state index is 12.4. The number of carbonyl (C=O) groups excluding carboxylic acids is 1. The minimum atomic E-state index is -1.03. The van der Waals surface area contributed by atoms with Gasteiger partial charge in [0.05, 0.1) is 0 Å². The van der Waals surface area contributed by atoms with Crippen molar-refractivity contribution in [3.05, 3.63) is 54.1 Å². The first-order valence-electron chi connectivity index (χ1n) is 10.1. The van der Waals surface area contributed by atoms with Crippen molar-refractivity contribution in [2.75, 3.05) is 28.6 Å². The lowest BCUT2D eigenvalue weighted by atomic mass is 10.0.